The third kappa shape index (κ3) is 5.02. The SMILES string of the molecule is COc1ccc(N(CCC(C)C)C(=O)c2ccc([N+](=O)[O-])c([N+](=O)[O-])c2)cc1OC. The van der Waals surface area contributed by atoms with Crippen molar-refractivity contribution >= 4 is 23.0 Å². The lowest BCUT2D eigenvalue weighted by Gasteiger charge is -2.25. The number of anilines is 1. The van der Waals surface area contributed by atoms with Gasteiger partial charge in [-0.05, 0) is 30.5 Å². The molecule has 2 aromatic carbocycles. The Morgan fingerprint density at radius 3 is 2.13 bits per heavy atom. The molecule has 0 heterocycles. The summed E-state index contributed by atoms with van der Waals surface area (Å²) in [6.07, 6.45) is 0.676. The number of ether oxygens (including phenoxy) is 2. The molecule has 0 N–H and O–H groups in total. The molecule has 0 aliphatic rings. The topological polar surface area (TPSA) is 125 Å². The average Bonchev–Trinajstić information content (AvgIpc) is 2.72. The molecule has 0 aliphatic carbocycles. The molecular weight excluding hydrogens is 394 g/mol. The van der Waals surface area contributed by atoms with Crippen LogP contribution >= 0.6 is 0 Å². The van der Waals surface area contributed by atoms with Gasteiger partial charge in [0.05, 0.1) is 24.1 Å². The number of amides is 1. The number of nitro benzene ring substituents is 2. The van der Waals surface area contributed by atoms with Crippen LogP contribution in [0.4, 0.5) is 17.1 Å². The summed E-state index contributed by atoms with van der Waals surface area (Å²) >= 11 is 0. The molecule has 2 aromatic rings. The molecule has 160 valence electrons. The largest absolute Gasteiger partial charge is 0.493 e. The first kappa shape index (κ1) is 22.6. The number of nitrogens with zero attached hydrogens (tertiary/aromatic N) is 3. The predicted molar refractivity (Wildman–Crippen MR) is 110 cm³/mol. The normalized spacial score (nSPS) is 10.6. The quantitative estimate of drug-likeness (QED) is 0.442. The number of methoxy groups -OCH3 is 2. The number of carbonyl (C=O) groups excluding carboxylic acids is 1. The van der Waals surface area contributed by atoms with Gasteiger partial charge < -0.3 is 14.4 Å². The van der Waals surface area contributed by atoms with Gasteiger partial charge in [-0.1, -0.05) is 13.8 Å². The van der Waals surface area contributed by atoms with Crippen LogP contribution < -0.4 is 14.4 Å². The highest BCUT2D eigenvalue weighted by Gasteiger charge is 2.28. The van der Waals surface area contributed by atoms with E-state index in [4.69, 9.17) is 9.47 Å². The van der Waals surface area contributed by atoms with Crippen LogP contribution in [-0.2, 0) is 0 Å². The molecule has 0 fully saturated rings. The van der Waals surface area contributed by atoms with Crippen LogP contribution in [0.25, 0.3) is 0 Å². The number of hydrogen-bond donors (Lipinski definition) is 0. The monoisotopic (exact) mass is 417 g/mol. The Labute approximate surface area is 173 Å². The highest BCUT2D eigenvalue weighted by atomic mass is 16.6. The van der Waals surface area contributed by atoms with Gasteiger partial charge in [0.25, 0.3) is 5.91 Å². The Morgan fingerprint density at radius 2 is 1.60 bits per heavy atom. The van der Waals surface area contributed by atoms with Crippen LogP contribution in [0.1, 0.15) is 30.6 Å². The van der Waals surface area contributed by atoms with Crippen LogP contribution in [0.15, 0.2) is 36.4 Å². The molecule has 0 aromatic heterocycles. The van der Waals surface area contributed by atoms with E-state index in [9.17, 15) is 25.0 Å². The van der Waals surface area contributed by atoms with Gasteiger partial charge in [0.2, 0.25) is 0 Å². The van der Waals surface area contributed by atoms with E-state index in [1.54, 1.807) is 18.2 Å². The maximum atomic E-state index is 13.2. The van der Waals surface area contributed by atoms with Crippen LogP contribution in [-0.4, -0.2) is 36.5 Å². The summed E-state index contributed by atoms with van der Waals surface area (Å²) in [6, 6.07) is 8.10. The van der Waals surface area contributed by atoms with Crippen LogP contribution in [0.5, 0.6) is 11.5 Å². The zero-order chi connectivity index (χ0) is 22.4. The minimum Gasteiger partial charge on any atom is -0.493 e. The van der Waals surface area contributed by atoms with Gasteiger partial charge in [0, 0.05) is 36.0 Å². The molecule has 1 amide bonds. The van der Waals surface area contributed by atoms with Crippen molar-refractivity contribution < 1.29 is 24.1 Å². The first-order valence-corrected chi connectivity index (χ1v) is 9.16. The number of benzene rings is 2. The van der Waals surface area contributed by atoms with Crippen molar-refractivity contribution in [2.24, 2.45) is 5.92 Å². The summed E-state index contributed by atoms with van der Waals surface area (Å²) in [7, 11) is 2.97. The van der Waals surface area contributed by atoms with Gasteiger partial charge in [-0.25, -0.2) is 0 Å². The summed E-state index contributed by atoms with van der Waals surface area (Å²) < 4.78 is 10.5. The van der Waals surface area contributed by atoms with Gasteiger partial charge >= 0.3 is 11.4 Å². The fraction of sp³-hybridized carbons (Fsp3) is 0.350. The molecule has 0 spiro atoms. The summed E-state index contributed by atoms with van der Waals surface area (Å²) in [6.45, 7) is 4.36. The second-order valence-electron chi connectivity index (χ2n) is 6.90. The lowest BCUT2D eigenvalue weighted by Crippen LogP contribution is -2.32. The maximum absolute atomic E-state index is 13.2. The molecule has 0 aliphatic heterocycles. The predicted octanol–water partition coefficient (Wildman–Crippen LogP) is 4.21. The molecule has 0 bridgehead atoms. The molecule has 30 heavy (non-hydrogen) atoms. The lowest BCUT2D eigenvalue weighted by atomic mass is 10.1. The highest BCUT2D eigenvalue weighted by molar-refractivity contribution is 6.06. The molecule has 0 saturated heterocycles. The van der Waals surface area contributed by atoms with Crippen LogP contribution in [0.3, 0.4) is 0 Å². The molecule has 0 unspecified atom stereocenters. The molecule has 10 nitrogen and oxygen atoms in total. The minimum absolute atomic E-state index is 0.0224. The van der Waals surface area contributed by atoms with Gasteiger partial charge in [0.1, 0.15) is 0 Å². The molecule has 0 radical (unpaired) electrons. The number of hydrogen-bond acceptors (Lipinski definition) is 7. The van der Waals surface area contributed by atoms with Crippen molar-refractivity contribution in [3.8, 4) is 11.5 Å². The molecule has 2 rings (SSSR count). The van der Waals surface area contributed by atoms with E-state index in [0.717, 1.165) is 12.1 Å². The van der Waals surface area contributed by atoms with E-state index in [-0.39, 0.29) is 5.56 Å². The Bertz CT molecular complexity index is 959. The Balaban J connectivity index is 2.52. The van der Waals surface area contributed by atoms with E-state index >= 15 is 0 Å². The van der Waals surface area contributed by atoms with Crippen molar-refractivity contribution in [3.63, 3.8) is 0 Å². The van der Waals surface area contributed by atoms with E-state index in [2.05, 4.69) is 0 Å². The second-order valence-corrected chi connectivity index (χ2v) is 6.90. The van der Waals surface area contributed by atoms with E-state index in [0.29, 0.717) is 36.1 Å². The van der Waals surface area contributed by atoms with Gasteiger partial charge in [0.15, 0.2) is 11.5 Å². The van der Waals surface area contributed by atoms with Crippen LogP contribution in [0, 0.1) is 26.1 Å². The average molecular weight is 417 g/mol. The summed E-state index contributed by atoms with van der Waals surface area (Å²) in [5.41, 5.74) is -0.913. The molecule has 10 heteroatoms. The van der Waals surface area contributed by atoms with E-state index in [1.807, 2.05) is 13.8 Å². The third-order valence-corrected chi connectivity index (χ3v) is 4.47. The van der Waals surface area contributed by atoms with E-state index in [1.165, 1.54) is 25.2 Å². The number of rotatable bonds is 9. The Morgan fingerprint density at radius 1 is 0.967 bits per heavy atom. The summed E-state index contributed by atoms with van der Waals surface area (Å²) in [4.78, 5) is 35.3. The standard InChI is InChI=1S/C20H23N3O7/c1-13(2)9-10-21(15-6-8-18(29-3)19(12-15)30-4)20(24)14-5-7-16(22(25)26)17(11-14)23(27)28/h5-8,11-13H,9-10H2,1-4H3. The van der Waals surface area contributed by atoms with Crippen molar-refractivity contribution in [1.29, 1.82) is 0 Å². The summed E-state index contributed by atoms with van der Waals surface area (Å²) in [5.74, 6) is 0.697. The Kier molecular flexibility index (Phi) is 7.29. The maximum Gasteiger partial charge on any atom is 0.346 e. The zero-order valence-electron chi connectivity index (χ0n) is 17.2. The molecule has 0 saturated carbocycles. The van der Waals surface area contributed by atoms with Crippen LogP contribution in [0.2, 0.25) is 0 Å². The first-order valence-electron chi connectivity index (χ1n) is 9.16. The number of carbonyl (C=O) groups is 1. The fourth-order valence-corrected chi connectivity index (χ4v) is 2.84. The van der Waals surface area contributed by atoms with Crippen molar-refractivity contribution in [1.82, 2.24) is 0 Å². The highest BCUT2D eigenvalue weighted by Crippen LogP contribution is 2.33. The van der Waals surface area contributed by atoms with Crippen molar-refractivity contribution in [2.45, 2.75) is 20.3 Å². The third-order valence-electron chi connectivity index (χ3n) is 4.47. The smallest absolute Gasteiger partial charge is 0.346 e. The van der Waals surface area contributed by atoms with Gasteiger partial charge in [-0.2, -0.15) is 0 Å². The molecule has 0 atom stereocenters. The minimum atomic E-state index is -0.871. The van der Waals surface area contributed by atoms with E-state index < -0.39 is 27.1 Å². The lowest BCUT2D eigenvalue weighted by molar-refractivity contribution is -0.422. The van der Waals surface area contributed by atoms with Crippen molar-refractivity contribution in [2.75, 3.05) is 25.7 Å². The fourth-order valence-electron chi connectivity index (χ4n) is 2.84. The van der Waals surface area contributed by atoms with Gasteiger partial charge in [-0.3, -0.25) is 25.0 Å². The van der Waals surface area contributed by atoms with Crippen molar-refractivity contribution in [3.05, 3.63) is 62.2 Å². The Hall–Kier alpha value is -3.69. The number of nitro groups is 2. The second kappa shape index (κ2) is 9.68. The van der Waals surface area contributed by atoms with Gasteiger partial charge in [-0.15, -0.1) is 0 Å². The zero-order valence-corrected chi connectivity index (χ0v) is 17.2. The molecular formula is C20H23N3O7. The summed E-state index contributed by atoms with van der Waals surface area (Å²) in [5, 5.41) is 22.3. The first-order chi connectivity index (χ1) is 14.2.